The van der Waals surface area contributed by atoms with Crippen molar-refractivity contribution >= 4 is 40.5 Å². The summed E-state index contributed by atoms with van der Waals surface area (Å²) in [5, 5.41) is 24.2. The lowest BCUT2D eigenvalue weighted by Crippen LogP contribution is -2.14. The number of benzene rings is 2. The van der Waals surface area contributed by atoms with Gasteiger partial charge in [-0.05, 0) is 25.1 Å². The quantitative estimate of drug-likeness (QED) is 0.448. The van der Waals surface area contributed by atoms with Gasteiger partial charge in [-0.15, -0.1) is 0 Å². The minimum atomic E-state index is -0.822. The zero-order valence-electron chi connectivity index (χ0n) is 13.8. The number of rotatable bonds is 6. The van der Waals surface area contributed by atoms with E-state index in [9.17, 15) is 29.8 Å². The number of anilines is 1. The molecule has 0 bridgehead atoms. The van der Waals surface area contributed by atoms with Crippen molar-refractivity contribution in [2.24, 2.45) is 0 Å². The van der Waals surface area contributed by atoms with E-state index in [4.69, 9.17) is 16.3 Å². The fourth-order valence-electron chi connectivity index (χ4n) is 2.11. The molecule has 27 heavy (non-hydrogen) atoms. The van der Waals surface area contributed by atoms with Gasteiger partial charge in [0.25, 0.3) is 17.3 Å². The Kier molecular flexibility index (Phi) is 6.03. The molecule has 10 nitrogen and oxygen atoms in total. The molecule has 0 fully saturated rings. The average Bonchev–Trinajstić information content (AvgIpc) is 2.62. The molecule has 0 aromatic heterocycles. The van der Waals surface area contributed by atoms with Crippen LogP contribution in [0.4, 0.5) is 17.1 Å². The number of non-ortho nitro benzene ring substituents is 1. The van der Waals surface area contributed by atoms with Gasteiger partial charge in [0.15, 0.2) is 0 Å². The van der Waals surface area contributed by atoms with Crippen LogP contribution >= 0.6 is 11.6 Å². The molecule has 0 saturated heterocycles. The molecule has 0 unspecified atom stereocenters. The van der Waals surface area contributed by atoms with Crippen molar-refractivity contribution in [1.29, 1.82) is 0 Å². The Hall–Kier alpha value is -3.53. The Morgan fingerprint density at radius 3 is 2.33 bits per heavy atom. The Morgan fingerprint density at radius 1 is 1.07 bits per heavy atom. The van der Waals surface area contributed by atoms with E-state index in [0.717, 1.165) is 24.3 Å². The highest BCUT2D eigenvalue weighted by Crippen LogP contribution is 2.28. The summed E-state index contributed by atoms with van der Waals surface area (Å²) in [5.74, 6) is -1.63. The zero-order chi connectivity index (χ0) is 20.1. The van der Waals surface area contributed by atoms with E-state index in [1.807, 2.05) is 0 Å². The normalized spacial score (nSPS) is 10.1. The van der Waals surface area contributed by atoms with Crippen LogP contribution in [-0.4, -0.2) is 28.3 Å². The fraction of sp³-hybridized carbons (Fsp3) is 0.125. The summed E-state index contributed by atoms with van der Waals surface area (Å²) in [4.78, 5) is 44.7. The molecule has 0 aliphatic carbocycles. The van der Waals surface area contributed by atoms with E-state index < -0.39 is 33.1 Å². The molecular weight excluding hydrogens is 382 g/mol. The standard InChI is InChI=1S/C16H12ClN3O7/c1-2-27-16(22)10-5-9(6-12(7-10)19(23)24)15(21)18-11-3-4-13(17)14(8-11)20(25)26/h3-8H,2H2,1H3,(H,18,21). The smallest absolute Gasteiger partial charge is 0.338 e. The second kappa shape index (κ2) is 8.23. The number of nitro groups is 2. The van der Waals surface area contributed by atoms with Gasteiger partial charge in [0.05, 0.1) is 22.0 Å². The van der Waals surface area contributed by atoms with Gasteiger partial charge in [-0.25, -0.2) is 4.79 Å². The van der Waals surface area contributed by atoms with Crippen molar-refractivity contribution in [3.8, 4) is 0 Å². The summed E-state index contributed by atoms with van der Waals surface area (Å²) in [6.45, 7) is 1.62. The molecular formula is C16H12ClN3O7. The number of carbonyl (C=O) groups excluding carboxylic acids is 2. The van der Waals surface area contributed by atoms with Crippen molar-refractivity contribution in [1.82, 2.24) is 0 Å². The number of halogens is 1. The number of nitro benzene ring substituents is 2. The third-order valence-corrected chi connectivity index (χ3v) is 3.62. The SMILES string of the molecule is CCOC(=O)c1cc(C(=O)Nc2ccc(Cl)c([N+](=O)[O-])c2)cc([N+](=O)[O-])c1. The van der Waals surface area contributed by atoms with Crippen LogP contribution in [0.3, 0.4) is 0 Å². The number of ether oxygens (including phenoxy) is 1. The van der Waals surface area contributed by atoms with Crippen molar-refractivity contribution < 1.29 is 24.2 Å². The number of carbonyl (C=O) groups is 2. The summed E-state index contributed by atoms with van der Waals surface area (Å²) in [6.07, 6.45) is 0. The van der Waals surface area contributed by atoms with Gasteiger partial charge in [0.2, 0.25) is 0 Å². The van der Waals surface area contributed by atoms with Crippen LogP contribution in [0.1, 0.15) is 27.6 Å². The summed E-state index contributed by atoms with van der Waals surface area (Å²) >= 11 is 5.70. The Bertz CT molecular complexity index is 946. The molecule has 2 aromatic carbocycles. The summed E-state index contributed by atoms with van der Waals surface area (Å²) < 4.78 is 4.79. The van der Waals surface area contributed by atoms with Gasteiger partial charge >= 0.3 is 5.97 Å². The molecule has 1 amide bonds. The van der Waals surface area contributed by atoms with Crippen molar-refractivity contribution in [2.75, 3.05) is 11.9 Å². The second-order valence-corrected chi connectivity index (χ2v) is 5.53. The lowest BCUT2D eigenvalue weighted by Gasteiger charge is -2.08. The summed E-state index contributed by atoms with van der Waals surface area (Å²) in [6, 6.07) is 6.70. The van der Waals surface area contributed by atoms with Gasteiger partial charge in [0.1, 0.15) is 5.02 Å². The first-order valence-electron chi connectivity index (χ1n) is 7.44. The maximum Gasteiger partial charge on any atom is 0.338 e. The first kappa shape index (κ1) is 19.8. The minimum absolute atomic E-state index is 0.0531. The highest BCUT2D eigenvalue weighted by atomic mass is 35.5. The van der Waals surface area contributed by atoms with Crippen LogP contribution < -0.4 is 5.32 Å². The molecule has 0 aliphatic heterocycles. The van der Waals surface area contributed by atoms with E-state index in [0.29, 0.717) is 0 Å². The van der Waals surface area contributed by atoms with Gasteiger partial charge in [0, 0.05) is 29.4 Å². The Labute approximate surface area is 157 Å². The van der Waals surface area contributed by atoms with Gasteiger partial charge in [-0.3, -0.25) is 25.0 Å². The summed E-state index contributed by atoms with van der Waals surface area (Å²) in [5.41, 5.74) is -1.20. The van der Waals surface area contributed by atoms with E-state index in [1.54, 1.807) is 6.92 Å². The van der Waals surface area contributed by atoms with Gasteiger partial charge in [-0.1, -0.05) is 11.6 Å². The molecule has 1 N–H and O–H groups in total. The van der Waals surface area contributed by atoms with Crippen LogP contribution in [0.5, 0.6) is 0 Å². The number of esters is 1. The molecule has 0 radical (unpaired) electrons. The predicted octanol–water partition coefficient (Wildman–Crippen LogP) is 3.59. The van der Waals surface area contributed by atoms with Crippen LogP contribution in [0.2, 0.25) is 5.02 Å². The van der Waals surface area contributed by atoms with E-state index in [-0.39, 0.29) is 28.4 Å². The largest absolute Gasteiger partial charge is 0.462 e. The number of nitrogens with zero attached hydrogens (tertiary/aromatic N) is 2. The molecule has 2 rings (SSSR count). The number of hydrogen-bond acceptors (Lipinski definition) is 7. The van der Waals surface area contributed by atoms with Crippen molar-refractivity contribution in [2.45, 2.75) is 6.92 Å². The number of hydrogen-bond donors (Lipinski definition) is 1. The Morgan fingerprint density at radius 2 is 1.74 bits per heavy atom. The maximum absolute atomic E-state index is 12.4. The molecule has 2 aromatic rings. The van der Waals surface area contributed by atoms with E-state index in [2.05, 4.69) is 5.32 Å². The predicted molar refractivity (Wildman–Crippen MR) is 95.1 cm³/mol. The van der Waals surface area contributed by atoms with Crippen LogP contribution in [0, 0.1) is 20.2 Å². The Balaban J connectivity index is 2.38. The van der Waals surface area contributed by atoms with Crippen LogP contribution in [0.25, 0.3) is 0 Å². The van der Waals surface area contributed by atoms with Crippen molar-refractivity contribution in [3.05, 3.63) is 72.8 Å². The average molecular weight is 394 g/mol. The molecule has 11 heteroatoms. The first-order chi connectivity index (χ1) is 12.7. The lowest BCUT2D eigenvalue weighted by atomic mass is 10.1. The monoisotopic (exact) mass is 393 g/mol. The molecule has 0 aliphatic rings. The van der Waals surface area contributed by atoms with Crippen LogP contribution in [-0.2, 0) is 4.74 Å². The minimum Gasteiger partial charge on any atom is -0.462 e. The van der Waals surface area contributed by atoms with Crippen molar-refractivity contribution in [3.63, 3.8) is 0 Å². The molecule has 0 spiro atoms. The molecule has 0 saturated carbocycles. The van der Waals surface area contributed by atoms with E-state index in [1.165, 1.54) is 12.1 Å². The molecule has 140 valence electrons. The highest BCUT2D eigenvalue weighted by molar-refractivity contribution is 6.32. The highest BCUT2D eigenvalue weighted by Gasteiger charge is 2.20. The summed E-state index contributed by atoms with van der Waals surface area (Å²) in [7, 11) is 0. The number of amides is 1. The first-order valence-corrected chi connectivity index (χ1v) is 7.82. The topological polar surface area (TPSA) is 142 Å². The molecule has 0 heterocycles. The fourth-order valence-corrected chi connectivity index (χ4v) is 2.30. The maximum atomic E-state index is 12.4. The third kappa shape index (κ3) is 4.76. The third-order valence-electron chi connectivity index (χ3n) is 3.30. The van der Waals surface area contributed by atoms with Gasteiger partial charge < -0.3 is 10.1 Å². The molecule has 0 atom stereocenters. The second-order valence-electron chi connectivity index (χ2n) is 5.12. The number of nitrogens with one attached hydrogen (secondary N) is 1. The van der Waals surface area contributed by atoms with Crippen LogP contribution in [0.15, 0.2) is 36.4 Å². The zero-order valence-corrected chi connectivity index (χ0v) is 14.6. The lowest BCUT2D eigenvalue weighted by molar-refractivity contribution is -0.385. The van der Waals surface area contributed by atoms with E-state index >= 15 is 0 Å². The van der Waals surface area contributed by atoms with Gasteiger partial charge in [-0.2, -0.15) is 0 Å².